The highest BCUT2D eigenvalue weighted by Gasteiger charge is 2.44. The van der Waals surface area contributed by atoms with Crippen molar-refractivity contribution in [2.45, 2.75) is 58.6 Å². The standard InChI is InChI=1S/C20H30N2O5/c1-19(2,3)27-18(26)20(4,13-21)17(25)22-15(16(23)24)12-8-11-14-9-6-5-7-10-14/h5-7,9-10,15H,8,11-13,21H2,1-4H3,(H,22,25)(H,23,24)/t15-,20?/m1/s1. The van der Waals surface area contributed by atoms with E-state index in [0.29, 0.717) is 12.8 Å². The maximum Gasteiger partial charge on any atom is 0.326 e. The molecule has 1 unspecified atom stereocenters. The molecule has 0 aromatic heterocycles. The molecular weight excluding hydrogens is 348 g/mol. The highest BCUT2D eigenvalue weighted by atomic mass is 16.6. The maximum absolute atomic E-state index is 12.6. The summed E-state index contributed by atoms with van der Waals surface area (Å²) < 4.78 is 5.27. The number of nitrogens with one attached hydrogen (secondary N) is 1. The van der Waals surface area contributed by atoms with Crippen LogP contribution in [0.3, 0.4) is 0 Å². The average Bonchev–Trinajstić information content (AvgIpc) is 2.59. The minimum Gasteiger partial charge on any atom is -0.480 e. The number of aliphatic carboxylic acids is 1. The molecule has 0 bridgehead atoms. The van der Waals surface area contributed by atoms with E-state index in [2.05, 4.69) is 5.32 Å². The second kappa shape index (κ2) is 9.50. The lowest BCUT2D eigenvalue weighted by Crippen LogP contribution is -2.55. The number of carboxylic acids is 1. The predicted molar refractivity (Wildman–Crippen MR) is 102 cm³/mol. The van der Waals surface area contributed by atoms with Crippen LogP contribution in [0.5, 0.6) is 0 Å². The van der Waals surface area contributed by atoms with Crippen molar-refractivity contribution in [3.05, 3.63) is 35.9 Å². The summed E-state index contributed by atoms with van der Waals surface area (Å²) in [7, 11) is 0. The molecule has 0 heterocycles. The van der Waals surface area contributed by atoms with Crippen LogP contribution in [0.15, 0.2) is 30.3 Å². The molecule has 0 saturated heterocycles. The Morgan fingerprint density at radius 2 is 1.74 bits per heavy atom. The zero-order chi connectivity index (χ0) is 20.7. The van der Waals surface area contributed by atoms with Gasteiger partial charge < -0.3 is 20.9 Å². The number of hydrogen-bond acceptors (Lipinski definition) is 5. The van der Waals surface area contributed by atoms with Crippen molar-refractivity contribution in [1.29, 1.82) is 0 Å². The lowest BCUT2D eigenvalue weighted by Gasteiger charge is -2.30. The van der Waals surface area contributed by atoms with Gasteiger partial charge >= 0.3 is 11.9 Å². The van der Waals surface area contributed by atoms with Gasteiger partial charge in [-0.25, -0.2) is 4.79 Å². The molecule has 0 aliphatic rings. The number of aryl methyl sites for hydroxylation is 1. The van der Waals surface area contributed by atoms with E-state index in [0.717, 1.165) is 5.56 Å². The summed E-state index contributed by atoms with van der Waals surface area (Å²) in [4.78, 5) is 36.5. The smallest absolute Gasteiger partial charge is 0.326 e. The van der Waals surface area contributed by atoms with E-state index in [1.165, 1.54) is 6.92 Å². The number of esters is 1. The molecular formula is C20H30N2O5. The summed E-state index contributed by atoms with van der Waals surface area (Å²) in [6.07, 6.45) is 1.51. The van der Waals surface area contributed by atoms with E-state index in [9.17, 15) is 19.5 Å². The predicted octanol–water partition coefficient (Wildman–Crippen LogP) is 1.89. The van der Waals surface area contributed by atoms with Crippen molar-refractivity contribution in [1.82, 2.24) is 5.32 Å². The number of benzene rings is 1. The van der Waals surface area contributed by atoms with Gasteiger partial charge in [0.1, 0.15) is 11.6 Å². The minimum absolute atomic E-state index is 0.241. The molecule has 0 spiro atoms. The van der Waals surface area contributed by atoms with Crippen LogP contribution in [-0.4, -0.2) is 41.1 Å². The van der Waals surface area contributed by atoms with Crippen molar-refractivity contribution in [3.63, 3.8) is 0 Å². The second-order valence-corrected chi connectivity index (χ2v) is 7.78. The molecule has 27 heavy (non-hydrogen) atoms. The SMILES string of the molecule is CC(C)(C)OC(=O)C(C)(CN)C(=O)N[C@H](CCCc1ccccc1)C(=O)O. The molecule has 0 radical (unpaired) electrons. The second-order valence-electron chi connectivity index (χ2n) is 7.78. The van der Waals surface area contributed by atoms with E-state index in [1.54, 1.807) is 20.8 Å². The van der Waals surface area contributed by atoms with Crippen molar-refractivity contribution in [2.24, 2.45) is 11.1 Å². The molecule has 4 N–H and O–H groups in total. The zero-order valence-electron chi connectivity index (χ0n) is 16.5. The maximum atomic E-state index is 12.6. The Labute approximate surface area is 160 Å². The summed E-state index contributed by atoms with van der Waals surface area (Å²) in [5.74, 6) is -2.67. The molecule has 0 fully saturated rings. The highest BCUT2D eigenvalue weighted by Crippen LogP contribution is 2.22. The normalized spacial score (nSPS) is 14.7. The van der Waals surface area contributed by atoms with Crippen LogP contribution < -0.4 is 11.1 Å². The first-order chi connectivity index (χ1) is 12.5. The number of rotatable bonds is 9. The van der Waals surface area contributed by atoms with Crippen LogP contribution in [-0.2, 0) is 25.5 Å². The van der Waals surface area contributed by atoms with Gasteiger partial charge in [0.2, 0.25) is 5.91 Å². The minimum atomic E-state index is -1.65. The third kappa shape index (κ3) is 7.02. The Hall–Kier alpha value is -2.41. The van der Waals surface area contributed by atoms with Gasteiger partial charge in [-0.2, -0.15) is 0 Å². The largest absolute Gasteiger partial charge is 0.480 e. The van der Waals surface area contributed by atoms with Crippen molar-refractivity contribution in [2.75, 3.05) is 6.54 Å². The molecule has 0 aliphatic carbocycles. The van der Waals surface area contributed by atoms with Crippen molar-refractivity contribution >= 4 is 17.8 Å². The molecule has 1 rings (SSSR count). The van der Waals surface area contributed by atoms with E-state index >= 15 is 0 Å². The van der Waals surface area contributed by atoms with Gasteiger partial charge in [0.05, 0.1) is 0 Å². The Balaban J connectivity index is 2.74. The molecule has 1 aromatic carbocycles. The summed E-state index contributed by atoms with van der Waals surface area (Å²) in [6, 6.07) is 8.56. The Morgan fingerprint density at radius 3 is 2.22 bits per heavy atom. The number of nitrogens with two attached hydrogens (primary N) is 1. The zero-order valence-corrected chi connectivity index (χ0v) is 16.5. The fraction of sp³-hybridized carbons (Fsp3) is 0.550. The molecule has 0 aliphatic heterocycles. The lowest BCUT2D eigenvalue weighted by atomic mass is 9.88. The number of carbonyl (C=O) groups excluding carboxylic acids is 2. The van der Waals surface area contributed by atoms with E-state index in [4.69, 9.17) is 10.5 Å². The van der Waals surface area contributed by atoms with Crippen molar-refractivity contribution in [3.8, 4) is 0 Å². The first-order valence-corrected chi connectivity index (χ1v) is 9.01. The topological polar surface area (TPSA) is 119 Å². The number of ether oxygens (including phenoxy) is 1. The third-order valence-electron chi connectivity index (χ3n) is 4.16. The molecule has 150 valence electrons. The van der Waals surface area contributed by atoms with Crippen LogP contribution in [0.4, 0.5) is 0 Å². The third-order valence-corrected chi connectivity index (χ3v) is 4.16. The molecule has 1 amide bonds. The van der Waals surface area contributed by atoms with Crippen LogP contribution in [0.2, 0.25) is 0 Å². The van der Waals surface area contributed by atoms with Gasteiger partial charge in [0.25, 0.3) is 0 Å². The molecule has 0 saturated carbocycles. The number of hydrogen-bond donors (Lipinski definition) is 3. The lowest BCUT2D eigenvalue weighted by molar-refractivity contribution is -0.170. The summed E-state index contributed by atoms with van der Waals surface area (Å²) in [5.41, 5.74) is 4.30. The Bertz CT molecular complexity index is 654. The van der Waals surface area contributed by atoms with Gasteiger partial charge in [0, 0.05) is 6.54 Å². The van der Waals surface area contributed by atoms with Crippen LogP contribution >= 0.6 is 0 Å². The Kier molecular flexibility index (Phi) is 7.97. The fourth-order valence-corrected chi connectivity index (χ4v) is 2.39. The number of amides is 1. The van der Waals surface area contributed by atoms with E-state index in [-0.39, 0.29) is 13.0 Å². The van der Waals surface area contributed by atoms with E-state index < -0.39 is 34.9 Å². The van der Waals surface area contributed by atoms with Crippen molar-refractivity contribution < 1.29 is 24.2 Å². The monoisotopic (exact) mass is 378 g/mol. The first kappa shape index (κ1) is 22.6. The van der Waals surface area contributed by atoms with Gasteiger partial charge in [-0.3, -0.25) is 9.59 Å². The summed E-state index contributed by atoms with van der Waals surface area (Å²) in [6.45, 7) is 6.12. The Morgan fingerprint density at radius 1 is 1.15 bits per heavy atom. The molecule has 1 aromatic rings. The van der Waals surface area contributed by atoms with E-state index in [1.807, 2.05) is 30.3 Å². The van der Waals surface area contributed by atoms with Gasteiger partial charge in [-0.15, -0.1) is 0 Å². The van der Waals surface area contributed by atoms with Crippen LogP contribution in [0.25, 0.3) is 0 Å². The number of carboxylic acid groups (broad SMARTS) is 1. The molecule has 2 atom stereocenters. The van der Waals surface area contributed by atoms with Crippen LogP contribution in [0.1, 0.15) is 46.1 Å². The highest BCUT2D eigenvalue weighted by molar-refractivity contribution is 6.03. The van der Waals surface area contributed by atoms with Gasteiger partial charge in [-0.1, -0.05) is 30.3 Å². The summed E-state index contributed by atoms with van der Waals surface area (Å²) in [5, 5.41) is 11.9. The quantitative estimate of drug-likeness (QED) is 0.446. The fourth-order valence-electron chi connectivity index (χ4n) is 2.39. The summed E-state index contributed by atoms with van der Waals surface area (Å²) >= 11 is 0. The molecule has 7 heteroatoms. The number of carbonyl (C=O) groups is 3. The first-order valence-electron chi connectivity index (χ1n) is 9.01. The van der Waals surface area contributed by atoms with Crippen LogP contribution in [0, 0.1) is 5.41 Å². The van der Waals surface area contributed by atoms with Gasteiger partial charge in [0.15, 0.2) is 5.41 Å². The van der Waals surface area contributed by atoms with Gasteiger partial charge in [-0.05, 0) is 52.5 Å². The molecule has 7 nitrogen and oxygen atoms in total. The average molecular weight is 378 g/mol.